The Morgan fingerprint density at radius 2 is 2.10 bits per heavy atom. The van der Waals surface area contributed by atoms with Crippen molar-refractivity contribution in [2.24, 2.45) is 0 Å². The molecule has 8 nitrogen and oxygen atoms in total. The van der Waals surface area contributed by atoms with Gasteiger partial charge in [0.15, 0.2) is 16.7 Å². The number of thioether (sulfide) groups is 1. The fourth-order valence-electron chi connectivity index (χ4n) is 2.62. The van der Waals surface area contributed by atoms with Crippen LogP contribution in [0, 0.1) is 0 Å². The van der Waals surface area contributed by atoms with E-state index in [-0.39, 0.29) is 17.8 Å². The quantitative estimate of drug-likeness (QED) is 0.399. The van der Waals surface area contributed by atoms with Gasteiger partial charge in [-0.2, -0.15) is 0 Å². The fraction of sp³-hybridized carbons (Fsp3) is 0.300. The first-order valence-electron chi connectivity index (χ1n) is 9.29. The van der Waals surface area contributed by atoms with Crippen molar-refractivity contribution < 1.29 is 18.7 Å². The number of anilines is 1. The molecule has 0 spiro atoms. The van der Waals surface area contributed by atoms with E-state index >= 15 is 0 Å². The van der Waals surface area contributed by atoms with Gasteiger partial charge in [0.05, 0.1) is 34.4 Å². The Morgan fingerprint density at radius 1 is 1.30 bits per heavy atom. The van der Waals surface area contributed by atoms with Gasteiger partial charge in [0.2, 0.25) is 5.91 Å². The van der Waals surface area contributed by atoms with Gasteiger partial charge >= 0.3 is 5.97 Å². The van der Waals surface area contributed by atoms with E-state index in [0.29, 0.717) is 39.6 Å². The second-order valence-corrected chi connectivity index (χ2v) is 7.86. The lowest BCUT2D eigenvalue weighted by atomic mass is 10.2. The predicted molar refractivity (Wildman–Crippen MR) is 115 cm³/mol. The number of aromatic nitrogens is 3. The second-order valence-electron chi connectivity index (χ2n) is 6.51. The molecule has 0 aliphatic carbocycles. The van der Waals surface area contributed by atoms with E-state index in [1.807, 2.05) is 11.5 Å². The van der Waals surface area contributed by atoms with Gasteiger partial charge in [-0.15, -0.1) is 10.2 Å². The molecule has 1 aromatic carbocycles. The van der Waals surface area contributed by atoms with Gasteiger partial charge in [-0.1, -0.05) is 23.4 Å². The molecule has 0 saturated carbocycles. The molecule has 30 heavy (non-hydrogen) atoms. The minimum absolute atomic E-state index is 0.0906. The highest BCUT2D eigenvalue weighted by atomic mass is 35.5. The number of esters is 1. The molecule has 0 aliphatic rings. The molecule has 3 rings (SSSR count). The van der Waals surface area contributed by atoms with Crippen molar-refractivity contribution in [3.63, 3.8) is 0 Å². The Labute approximate surface area is 182 Å². The summed E-state index contributed by atoms with van der Waals surface area (Å²) in [6.45, 7) is 6.11. The van der Waals surface area contributed by atoms with Gasteiger partial charge in [0, 0.05) is 6.54 Å². The van der Waals surface area contributed by atoms with Crippen molar-refractivity contribution in [2.45, 2.75) is 38.6 Å². The molecule has 0 atom stereocenters. The number of nitrogens with zero attached hydrogens (tertiary/aromatic N) is 3. The molecule has 0 unspecified atom stereocenters. The van der Waals surface area contributed by atoms with Crippen molar-refractivity contribution in [1.29, 1.82) is 0 Å². The highest BCUT2D eigenvalue weighted by molar-refractivity contribution is 7.99. The number of benzene rings is 1. The standard InChI is InChI=1S/C20H21ClN4O4S/c1-4-25-18(16-6-5-9-28-16)23-24-20(25)30-11-17(26)22-15-10-13(7-8-14(15)21)19(27)29-12(2)3/h5-10,12H,4,11H2,1-3H3,(H,22,26). The number of furan rings is 1. The molecule has 0 bridgehead atoms. The Hall–Kier alpha value is -2.78. The van der Waals surface area contributed by atoms with Crippen LogP contribution in [-0.4, -0.2) is 38.5 Å². The predicted octanol–water partition coefficient (Wildman–Crippen LogP) is 4.51. The third-order valence-corrected chi connectivity index (χ3v) is 5.22. The smallest absolute Gasteiger partial charge is 0.338 e. The van der Waals surface area contributed by atoms with Crippen LogP contribution in [0.15, 0.2) is 46.2 Å². The zero-order valence-electron chi connectivity index (χ0n) is 16.7. The van der Waals surface area contributed by atoms with Crippen LogP contribution in [0.3, 0.4) is 0 Å². The minimum Gasteiger partial charge on any atom is -0.461 e. The van der Waals surface area contributed by atoms with Crippen LogP contribution < -0.4 is 5.32 Å². The molecule has 1 N–H and O–H groups in total. The number of carbonyl (C=O) groups is 2. The maximum absolute atomic E-state index is 12.4. The van der Waals surface area contributed by atoms with Gasteiger partial charge in [-0.25, -0.2) is 4.79 Å². The van der Waals surface area contributed by atoms with Crippen LogP contribution in [0.2, 0.25) is 5.02 Å². The molecule has 3 aromatic rings. The first-order chi connectivity index (χ1) is 14.4. The van der Waals surface area contributed by atoms with Crippen LogP contribution in [0.5, 0.6) is 0 Å². The summed E-state index contributed by atoms with van der Waals surface area (Å²) < 4.78 is 12.4. The van der Waals surface area contributed by atoms with Gasteiger partial charge < -0.3 is 14.5 Å². The number of amides is 1. The second kappa shape index (κ2) is 9.82. The summed E-state index contributed by atoms with van der Waals surface area (Å²) in [6, 6.07) is 8.18. The van der Waals surface area contributed by atoms with E-state index in [0.717, 1.165) is 0 Å². The van der Waals surface area contributed by atoms with Crippen LogP contribution in [-0.2, 0) is 16.1 Å². The Bertz CT molecular complexity index is 1030. The summed E-state index contributed by atoms with van der Waals surface area (Å²) in [5, 5.41) is 12.0. The normalized spacial score (nSPS) is 11.0. The SMILES string of the molecule is CCn1c(SCC(=O)Nc2cc(C(=O)OC(C)C)ccc2Cl)nnc1-c1ccco1. The van der Waals surface area contributed by atoms with Crippen molar-refractivity contribution in [3.8, 4) is 11.6 Å². The van der Waals surface area contributed by atoms with Crippen molar-refractivity contribution in [3.05, 3.63) is 47.2 Å². The van der Waals surface area contributed by atoms with E-state index in [1.165, 1.54) is 17.8 Å². The number of halogens is 1. The molecule has 2 heterocycles. The van der Waals surface area contributed by atoms with E-state index in [2.05, 4.69) is 15.5 Å². The molecule has 2 aromatic heterocycles. The number of ether oxygens (including phenoxy) is 1. The molecule has 158 valence electrons. The summed E-state index contributed by atoms with van der Waals surface area (Å²) in [5.74, 6) is 0.532. The van der Waals surface area contributed by atoms with Crippen molar-refractivity contribution >= 4 is 40.9 Å². The van der Waals surface area contributed by atoms with Crippen LogP contribution in [0.4, 0.5) is 5.69 Å². The van der Waals surface area contributed by atoms with E-state index in [1.54, 1.807) is 44.4 Å². The molecule has 0 radical (unpaired) electrons. The fourth-order valence-corrected chi connectivity index (χ4v) is 3.58. The maximum Gasteiger partial charge on any atom is 0.338 e. The summed E-state index contributed by atoms with van der Waals surface area (Å²) in [7, 11) is 0. The number of nitrogens with one attached hydrogen (secondary N) is 1. The molecular weight excluding hydrogens is 428 g/mol. The molecular formula is C20H21ClN4O4S. The van der Waals surface area contributed by atoms with Crippen LogP contribution in [0.1, 0.15) is 31.1 Å². The Balaban J connectivity index is 1.66. The molecule has 1 amide bonds. The van der Waals surface area contributed by atoms with Gasteiger partial charge in [0.1, 0.15) is 0 Å². The number of carbonyl (C=O) groups excluding carboxylic acids is 2. The van der Waals surface area contributed by atoms with E-state index in [4.69, 9.17) is 20.8 Å². The number of rotatable bonds is 8. The summed E-state index contributed by atoms with van der Waals surface area (Å²) in [6.07, 6.45) is 1.32. The summed E-state index contributed by atoms with van der Waals surface area (Å²) >= 11 is 7.41. The number of hydrogen-bond acceptors (Lipinski definition) is 7. The van der Waals surface area contributed by atoms with Crippen molar-refractivity contribution in [2.75, 3.05) is 11.1 Å². The van der Waals surface area contributed by atoms with E-state index < -0.39 is 5.97 Å². The topological polar surface area (TPSA) is 99.2 Å². The average molecular weight is 449 g/mol. The zero-order valence-corrected chi connectivity index (χ0v) is 18.3. The summed E-state index contributed by atoms with van der Waals surface area (Å²) in [4.78, 5) is 24.5. The van der Waals surface area contributed by atoms with Gasteiger partial charge in [-0.3, -0.25) is 9.36 Å². The summed E-state index contributed by atoms with van der Waals surface area (Å²) in [5.41, 5.74) is 0.651. The lowest BCUT2D eigenvalue weighted by molar-refractivity contribution is -0.113. The minimum atomic E-state index is -0.479. The molecule has 0 fully saturated rings. The van der Waals surface area contributed by atoms with Gasteiger partial charge in [-0.05, 0) is 51.1 Å². The lowest BCUT2D eigenvalue weighted by Crippen LogP contribution is -2.16. The average Bonchev–Trinajstić information content (AvgIpc) is 3.36. The maximum atomic E-state index is 12.4. The number of hydrogen-bond donors (Lipinski definition) is 1. The van der Waals surface area contributed by atoms with Crippen LogP contribution in [0.25, 0.3) is 11.6 Å². The Morgan fingerprint density at radius 3 is 2.77 bits per heavy atom. The largest absolute Gasteiger partial charge is 0.461 e. The van der Waals surface area contributed by atoms with E-state index in [9.17, 15) is 9.59 Å². The first-order valence-corrected chi connectivity index (χ1v) is 10.7. The highest BCUT2D eigenvalue weighted by Crippen LogP contribution is 2.26. The zero-order chi connectivity index (χ0) is 21.7. The lowest BCUT2D eigenvalue weighted by Gasteiger charge is -2.11. The molecule has 0 aliphatic heterocycles. The van der Waals surface area contributed by atoms with Crippen molar-refractivity contribution in [1.82, 2.24) is 14.8 Å². The highest BCUT2D eigenvalue weighted by Gasteiger charge is 2.17. The molecule has 10 heteroatoms. The third-order valence-electron chi connectivity index (χ3n) is 3.93. The monoisotopic (exact) mass is 448 g/mol. The Kier molecular flexibility index (Phi) is 7.17. The van der Waals surface area contributed by atoms with Gasteiger partial charge in [0.25, 0.3) is 0 Å². The van der Waals surface area contributed by atoms with Crippen LogP contribution >= 0.6 is 23.4 Å². The first kappa shape index (κ1) is 21.9. The third kappa shape index (κ3) is 5.22. The molecule has 0 saturated heterocycles.